The van der Waals surface area contributed by atoms with Crippen LogP contribution in [0.25, 0.3) is 6.08 Å². The Morgan fingerprint density at radius 3 is 2.93 bits per heavy atom. The second-order valence-electron chi connectivity index (χ2n) is 3.87. The summed E-state index contributed by atoms with van der Waals surface area (Å²) in [5.41, 5.74) is 9.65. The van der Waals surface area contributed by atoms with E-state index in [4.69, 9.17) is 10.5 Å². The zero-order valence-electron chi connectivity index (χ0n) is 9.12. The highest BCUT2D eigenvalue weighted by Gasteiger charge is 2.13. The fraction of sp³-hybridized carbons (Fsp3) is 0.385. The van der Waals surface area contributed by atoms with Gasteiger partial charge < -0.3 is 10.5 Å². The van der Waals surface area contributed by atoms with Gasteiger partial charge in [-0.15, -0.1) is 0 Å². The average molecular weight is 203 g/mol. The van der Waals surface area contributed by atoms with E-state index < -0.39 is 0 Å². The van der Waals surface area contributed by atoms with Crippen LogP contribution in [0.2, 0.25) is 0 Å². The van der Waals surface area contributed by atoms with Crippen LogP contribution >= 0.6 is 0 Å². The number of nitrogens with two attached hydrogens (primary N) is 1. The minimum absolute atomic E-state index is 0.732. The molecule has 0 radical (unpaired) electrons. The molecule has 1 aliphatic rings. The van der Waals surface area contributed by atoms with Crippen molar-refractivity contribution in [3.8, 4) is 5.75 Å². The molecule has 2 heteroatoms. The quantitative estimate of drug-likeness (QED) is 0.818. The SMILES string of the molecule is COc1cccc2c1C=C(CCN)CC2. The van der Waals surface area contributed by atoms with Crippen LogP contribution in [-0.2, 0) is 6.42 Å². The normalized spacial score (nSPS) is 14.4. The average Bonchev–Trinajstić information content (AvgIpc) is 2.28. The molecule has 1 aromatic carbocycles. The first kappa shape index (κ1) is 10.2. The maximum absolute atomic E-state index is 5.58. The lowest BCUT2D eigenvalue weighted by Gasteiger charge is -2.18. The van der Waals surface area contributed by atoms with Gasteiger partial charge >= 0.3 is 0 Å². The van der Waals surface area contributed by atoms with Crippen molar-refractivity contribution in [2.45, 2.75) is 19.3 Å². The number of ether oxygens (including phenoxy) is 1. The Labute approximate surface area is 90.7 Å². The van der Waals surface area contributed by atoms with Gasteiger partial charge in [-0.1, -0.05) is 23.8 Å². The van der Waals surface area contributed by atoms with E-state index in [0.717, 1.165) is 31.6 Å². The van der Waals surface area contributed by atoms with Crippen LogP contribution in [0.4, 0.5) is 0 Å². The van der Waals surface area contributed by atoms with E-state index in [1.165, 1.54) is 16.7 Å². The second kappa shape index (κ2) is 4.49. The van der Waals surface area contributed by atoms with Gasteiger partial charge in [-0.25, -0.2) is 0 Å². The van der Waals surface area contributed by atoms with Gasteiger partial charge in [-0.2, -0.15) is 0 Å². The van der Waals surface area contributed by atoms with Gasteiger partial charge in [0.05, 0.1) is 7.11 Å². The van der Waals surface area contributed by atoms with Crippen LogP contribution in [0, 0.1) is 0 Å². The molecule has 15 heavy (non-hydrogen) atoms. The number of aryl methyl sites for hydroxylation is 1. The molecule has 0 bridgehead atoms. The third-order valence-electron chi connectivity index (χ3n) is 2.91. The first-order valence-electron chi connectivity index (χ1n) is 5.40. The van der Waals surface area contributed by atoms with E-state index in [9.17, 15) is 0 Å². The third-order valence-corrected chi connectivity index (χ3v) is 2.91. The maximum atomic E-state index is 5.58. The summed E-state index contributed by atoms with van der Waals surface area (Å²) in [5, 5.41) is 0. The van der Waals surface area contributed by atoms with Crippen molar-refractivity contribution < 1.29 is 4.74 Å². The van der Waals surface area contributed by atoms with E-state index in [0.29, 0.717) is 0 Å². The van der Waals surface area contributed by atoms with Gasteiger partial charge in [0.1, 0.15) is 5.75 Å². The predicted molar refractivity (Wildman–Crippen MR) is 63.0 cm³/mol. The van der Waals surface area contributed by atoms with Crippen LogP contribution in [-0.4, -0.2) is 13.7 Å². The zero-order chi connectivity index (χ0) is 10.7. The first-order chi connectivity index (χ1) is 7.35. The van der Waals surface area contributed by atoms with E-state index in [2.05, 4.69) is 18.2 Å². The predicted octanol–water partition coefficient (Wildman–Crippen LogP) is 2.37. The number of fused-ring (bicyclic) bond motifs is 1. The van der Waals surface area contributed by atoms with Gasteiger partial charge in [-0.3, -0.25) is 0 Å². The maximum Gasteiger partial charge on any atom is 0.126 e. The van der Waals surface area contributed by atoms with Crippen LogP contribution in [0.3, 0.4) is 0 Å². The summed E-state index contributed by atoms with van der Waals surface area (Å²) < 4.78 is 5.36. The number of hydrogen-bond donors (Lipinski definition) is 1. The van der Waals surface area contributed by atoms with Crippen molar-refractivity contribution >= 4 is 6.08 Å². The van der Waals surface area contributed by atoms with Gasteiger partial charge in [0, 0.05) is 5.56 Å². The topological polar surface area (TPSA) is 35.2 Å². The van der Waals surface area contributed by atoms with Gasteiger partial charge in [0.25, 0.3) is 0 Å². The van der Waals surface area contributed by atoms with E-state index >= 15 is 0 Å². The van der Waals surface area contributed by atoms with Gasteiger partial charge in [0.2, 0.25) is 0 Å². The van der Waals surface area contributed by atoms with Crippen molar-refractivity contribution in [1.29, 1.82) is 0 Å². The largest absolute Gasteiger partial charge is 0.496 e. The number of methoxy groups -OCH3 is 1. The zero-order valence-corrected chi connectivity index (χ0v) is 9.12. The highest BCUT2D eigenvalue weighted by atomic mass is 16.5. The summed E-state index contributed by atoms with van der Waals surface area (Å²) in [7, 11) is 1.72. The Kier molecular flexibility index (Phi) is 3.07. The second-order valence-corrected chi connectivity index (χ2v) is 3.87. The Balaban J connectivity index is 2.38. The Hall–Kier alpha value is -1.28. The summed E-state index contributed by atoms with van der Waals surface area (Å²) in [6.07, 6.45) is 5.48. The fourth-order valence-electron chi connectivity index (χ4n) is 2.10. The molecule has 0 aromatic heterocycles. The molecule has 0 unspecified atom stereocenters. The molecule has 0 aliphatic heterocycles. The smallest absolute Gasteiger partial charge is 0.126 e. The molecule has 2 nitrogen and oxygen atoms in total. The van der Waals surface area contributed by atoms with Crippen molar-refractivity contribution in [2.24, 2.45) is 5.73 Å². The minimum Gasteiger partial charge on any atom is -0.496 e. The van der Waals surface area contributed by atoms with Crippen LogP contribution < -0.4 is 10.5 Å². The van der Waals surface area contributed by atoms with Crippen molar-refractivity contribution in [3.05, 3.63) is 34.9 Å². The van der Waals surface area contributed by atoms with E-state index in [-0.39, 0.29) is 0 Å². The summed E-state index contributed by atoms with van der Waals surface area (Å²) in [4.78, 5) is 0. The third kappa shape index (κ3) is 2.05. The minimum atomic E-state index is 0.732. The van der Waals surface area contributed by atoms with Crippen LogP contribution in [0.15, 0.2) is 23.8 Å². The monoisotopic (exact) mass is 203 g/mol. The molecule has 1 aliphatic carbocycles. The van der Waals surface area contributed by atoms with Crippen LogP contribution in [0.1, 0.15) is 24.0 Å². The summed E-state index contributed by atoms with van der Waals surface area (Å²) in [6.45, 7) is 0.732. The Morgan fingerprint density at radius 2 is 2.20 bits per heavy atom. The van der Waals surface area contributed by atoms with Crippen molar-refractivity contribution in [1.82, 2.24) is 0 Å². The molecule has 2 N–H and O–H groups in total. The number of hydrogen-bond acceptors (Lipinski definition) is 2. The molecule has 0 amide bonds. The van der Waals surface area contributed by atoms with Gasteiger partial charge in [-0.05, 0) is 37.4 Å². The summed E-state index contributed by atoms with van der Waals surface area (Å²) in [5.74, 6) is 0.974. The molecule has 0 saturated carbocycles. The highest BCUT2D eigenvalue weighted by molar-refractivity contribution is 5.65. The van der Waals surface area contributed by atoms with Crippen molar-refractivity contribution in [2.75, 3.05) is 13.7 Å². The lowest BCUT2D eigenvalue weighted by molar-refractivity contribution is 0.413. The van der Waals surface area contributed by atoms with E-state index in [1.807, 2.05) is 6.07 Å². The molecule has 1 aromatic rings. The molecular formula is C13H17NO. The molecule has 0 heterocycles. The number of rotatable bonds is 3. The molecular weight excluding hydrogens is 186 g/mol. The Bertz CT molecular complexity index is 382. The standard InChI is InChI=1S/C13H17NO/c1-15-13-4-2-3-11-6-5-10(7-8-14)9-12(11)13/h2-4,9H,5-8,14H2,1H3. The fourth-order valence-corrected chi connectivity index (χ4v) is 2.10. The first-order valence-corrected chi connectivity index (χ1v) is 5.40. The molecule has 0 fully saturated rings. The Morgan fingerprint density at radius 1 is 1.33 bits per heavy atom. The molecule has 0 spiro atoms. The van der Waals surface area contributed by atoms with Crippen molar-refractivity contribution in [3.63, 3.8) is 0 Å². The summed E-state index contributed by atoms with van der Waals surface area (Å²) >= 11 is 0. The number of benzene rings is 1. The lowest BCUT2D eigenvalue weighted by Crippen LogP contribution is -2.06. The molecule has 2 rings (SSSR count). The van der Waals surface area contributed by atoms with E-state index in [1.54, 1.807) is 7.11 Å². The van der Waals surface area contributed by atoms with Crippen LogP contribution in [0.5, 0.6) is 5.75 Å². The lowest BCUT2D eigenvalue weighted by atomic mass is 9.90. The molecule has 0 atom stereocenters. The van der Waals surface area contributed by atoms with Gasteiger partial charge in [0.15, 0.2) is 0 Å². The highest BCUT2D eigenvalue weighted by Crippen LogP contribution is 2.31. The summed E-state index contributed by atoms with van der Waals surface area (Å²) in [6, 6.07) is 6.24. The molecule has 80 valence electrons. The molecule has 0 saturated heterocycles.